The van der Waals surface area contributed by atoms with Gasteiger partial charge in [-0.15, -0.1) is 0 Å². The summed E-state index contributed by atoms with van der Waals surface area (Å²) >= 11 is 8.70. The van der Waals surface area contributed by atoms with Crippen LogP contribution < -0.4 is 19.7 Å². The maximum atomic E-state index is 13.2. The van der Waals surface area contributed by atoms with Gasteiger partial charge in [-0.3, -0.25) is 29.9 Å². The largest absolute Gasteiger partial charge is 0.490 e. The molecule has 0 unspecified atom stereocenters. The van der Waals surface area contributed by atoms with Gasteiger partial charge >= 0.3 is 0 Å². The lowest BCUT2D eigenvalue weighted by Crippen LogP contribution is -2.54. The van der Waals surface area contributed by atoms with Gasteiger partial charge in [0.1, 0.15) is 12.2 Å². The molecule has 1 fully saturated rings. The number of amides is 2. The molecule has 3 aromatic rings. The third-order valence-corrected chi connectivity index (χ3v) is 6.14. The fourth-order valence-electron chi connectivity index (χ4n) is 3.63. The first kappa shape index (κ1) is 26.0. The Morgan fingerprint density at radius 1 is 1.08 bits per heavy atom. The van der Waals surface area contributed by atoms with Gasteiger partial charge in [0.2, 0.25) is 0 Å². The normalized spacial score (nSPS) is 14.5. The number of thiocarbonyl (C=S) groups is 1. The van der Waals surface area contributed by atoms with Crippen molar-refractivity contribution in [3.05, 3.63) is 98.0 Å². The fraction of sp³-hybridized carbons (Fsp3) is 0.115. The van der Waals surface area contributed by atoms with Gasteiger partial charge in [-0.05, 0) is 76.5 Å². The maximum Gasteiger partial charge on any atom is 0.270 e. The van der Waals surface area contributed by atoms with Gasteiger partial charge in [0, 0.05) is 12.1 Å². The molecule has 1 N–H and O–H groups in total. The van der Waals surface area contributed by atoms with Crippen molar-refractivity contribution in [2.75, 3.05) is 11.5 Å². The molecule has 0 aliphatic carbocycles. The number of halogens is 1. The Morgan fingerprint density at radius 3 is 2.54 bits per heavy atom. The van der Waals surface area contributed by atoms with Gasteiger partial charge in [-0.25, -0.2) is 0 Å². The Bertz CT molecular complexity index is 1430. The third kappa shape index (κ3) is 5.84. The average Bonchev–Trinajstić information content (AvgIpc) is 2.87. The Hall–Kier alpha value is -4.09. The van der Waals surface area contributed by atoms with E-state index in [0.717, 1.165) is 0 Å². The molecule has 0 atom stereocenters. The number of nitrogens with zero attached hydrogens (tertiary/aromatic N) is 2. The van der Waals surface area contributed by atoms with Crippen LogP contribution in [0.4, 0.5) is 11.4 Å². The van der Waals surface area contributed by atoms with Crippen LogP contribution in [0.2, 0.25) is 0 Å². The standard InChI is InChI=1S/C26H20BrN3O6S/c1-2-35-22-14-17(13-21(27)23(22)36-15-16-7-6-10-19(11-16)30(33)34)12-20-24(31)28-26(37)29(25(20)32)18-8-4-3-5-9-18/h3-14H,2,15H2,1H3,(H,28,31,37)/b20-12-. The molecule has 37 heavy (non-hydrogen) atoms. The van der Waals surface area contributed by atoms with Crippen molar-refractivity contribution in [1.82, 2.24) is 5.32 Å². The van der Waals surface area contributed by atoms with Crippen molar-refractivity contribution < 1.29 is 24.0 Å². The Balaban J connectivity index is 1.64. The van der Waals surface area contributed by atoms with Crippen LogP contribution in [-0.2, 0) is 16.2 Å². The molecular formula is C26H20BrN3O6S. The van der Waals surface area contributed by atoms with Crippen LogP contribution in [0.25, 0.3) is 6.08 Å². The number of nitrogens with one attached hydrogen (secondary N) is 1. The van der Waals surface area contributed by atoms with E-state index < -0.39 is 16.7 Å². The molecule has 0 spiro atoms. The van der Waals surface area contributed by atoms with Crippen LogP contribution in [0, 0.1) is 10.1 Å². The summed E-state index contributed by atoms with van der Waals surface area (Å²) in [5.74, 6) is -0.419. The summed E-state index contributed by atoms with van der Waals surface area (Å²) in [6.07, 6.45) is 1.45. The SMILES string of the molecule is CCOc1cc(/C=C2/C(=O)NC(=S)N(c3ccccc3)C2=O)cc(Br)c1OCc1cccc([N+](=O)[O-])c1. The average molecular weight is 582 g/mol. The van der Waals surface area contributed by atoms with Crippen LogP contribution >= 0.6 is 28.1 Å². The van der Waals surface area contributed by atoms with Crippen LogP contribution in [-0.4, -0.2) is 28.5 Å². The molecule has 2 amide bonds. The number of hydrogen-bond acceptors (Lipinski definition) is 7. The minimum absolute atomic E-state index is 0.000525. The Morgan fingerprint density at radius 2 is 1.84 bits per heavy atom. The van der Waals surface area contributed by atoms with E-state index in [1.54, 1.807) is 55.5 Å². The van der Waals surface area contributed by atoms with Gasteiger partial charge in [-0.2, -0.15) is 0 Å². The number of anilines is 1. The van der Waals surface area contributed by atoms with Gasteiger partial charge < -0.3 is 9.47 Å². The van der Waals surface area contributed by atoms with Crippen LogP contribution in [0.1, 0.15) is 18.1 Å². The van der Waals surface area contributed by atoms with E-state index >= 15 is 0 Å². The van der Waals surface area contributed by atoms with Crippen LogP contribution in [0.3, 0.4) is 0 Å². The molecule has 1 heterocycles. The number of rotatable bonds is 8. The number of nitro groups is 1. The molecule has 3 aromatic carbocycles. The number of para-hydroxylation sites is 1. The summed E-state index contributed by atoms with van der Waals surface area (Å²) in [5.41, 5.74) is 1.52. The van der Waals surface area contributed by atoms with Crippen molar-refractivity contribution in [2.24, 2.45) is 0 Å². The monoisotopic (exact) mass is 581 g/mol. The lowest BCUT2D eigenvalue weighted by atomic mass is 10.1. The van der Waals surface area contributed by atoms with Gasteiger partial charge in [0.15, 0.2) is 16.6 Å². The molecule has 11 heteroatoms. The number of hydrogen-bond donors (Lipinski definition) is 1. The van der Waals surface area contributed by atoms with Gasteiger partial charge in [0.05, 0.1) is 21.7 Å². The molecule has 1 aliphatic rings. The summed E-state index contributed by atoms with van der Waals surface area (Å²) < 4.78 is 12.2. The van der Waals surface area contributed by atoms with Crippen molar-refractivity contribution in [1.29, 1.82) is 0 Å². The maximum absolute atomic E-state index is 13.2. The highest BCUT2D eigenvalue weighted by atomic mass is 79.9. The smallest absolute Gasteiger partial charge is 0.270 e. The van der Waals surface area contributed by atoms with Crippen molar-refractivity contribution in [2.45, 2.75) is 13.5 Å². The van der Waals surface area contributed by atoms with Crippen molar-refractivity contribution in [3.8, 4) is 11.5 Å². The molecule has 9 nitrogen and oxygen atoms in total. The first-order valence-electron chi connectivity index (χ1n) is 11.1. The molecular weight excluding hydrogens is 562 g/mol. The zero-order valence-electron chi connectivity index (χ0n) is 19.5. The second kappa shape index (κ2) is 11.3. The zero-order chi connectivity index (χ0) is 26.5. The number of carbonyl (C=O) groups is 2. The number of non-ortho nitro benzene ring substituents is 1. The highest BCUT2D eigenvalue weighted by molar-refractivity contribution is 9.10. The summed E-state index contributed by atoms with van der Waals surface area (Å²) in [4.78, 5) is 37.8. The fourth-order valence-corrected chi connectivity index (χ4v) is 4.48. The number of ether oxygens (including phenoxy) is 2. The molecule has 0 radical (unpaired) electrons. The summed E-state index contributed by atoms with van der Waals surface area (Å²) in [5, 5.41) is 13.6. The first-order valence-corrected chi connectivity index (χ1v) is 12.3. The van der Waals surface area contributed by atoms with E-state index in [2.05, 4.69) is 21.2 Å². The predicted molar refractivity (Wildman–Crippen MR) is 145 cm³/mol. The highest BCUT2D eigenvalue weighted by Gasteiger charge is 2.34. The lowest BCUT2D eigenvalue weighted by Gasteiger charge is -2.28. The van der Waals surface area contributed by atoms with Crippen LogP contribution in [0.5, 0.6) is 11.5 Å². The van der Waals surface area contributed by atoms with E-state index in [-0.39, 0.29) is 23.0 Å². The molecule has 188 valence electrons. The minimum Gasteiger partial charge on any atom is -0.490 e. The van der Waals surface area contributed by atoms with Gasteiger partial charge in [-0.1, -0.05) is 30.3 Å². The summed E-state index contributed by atoms with van der Waals surface area (Å²) in [6.45, 7) is 2.19. The second-order valence-corrected chi connectivity index (χ2v) is 9.01. The third-order valence-electron chi connectivity index (χ3n) is 5.26. The molecule has 0 saturated carbocycles. The summed E-state index contributed by atoms with van der Waals surface area (Å²) in [6, 6.07) is 18.2. The predicted octanol–water partition coefficient (Wildman–Crippen LogP) is 5.17. The van der Waals surface area contributed by atoms with Gasteiger partial charge in [0.25, 0.3) is 17.5 Å². The topological polar surface area (TPSA) is 111 Å². The van der Waals surface area contributed by atoms with E-state index in [1.165, 1.54) is 23.1 Å². The van der Waals surface area contributed by atoms with Crippen molar-refractivity contribution in [3.63, 3.8) is 0 Å². The van der Waals surface area contributed by atoms with E-state index in [1.807, 2.05) is 6.07 Å². The molecule has 1 saturated heterocycles. The first-order chi connectivity index (χ1) is 17.8. The summed E-state index contributed by atoms with van der Waals surface area (Å²) in [7, 11) is 0. The van der Waals surface area contributed by atoms with Crippen LogP contribution in [0.15, 0.2) is 76.8 Å². The molecule has 0 aromatic heterocycles. The van der Waals surface area contributed by atoms with Crippen molar-refractivity contribution >= 4 is 62.5 Å². The highest BCUT2D eigenvalue weighted by Crippen LogP contribution is 2.38. The zero-order valence-corrected chi connectivity index (χ0v) is 21.9. The number of carbonyl (C=O) groups excluding carboxylic acids is 2. The van der Waals surface area contributed by atoms with E-state index in [0.29, 0.717) is 39.4 Å². The number of benzene rings is 3. The Kier molecular flexibility index (Phi) is 7.95. The quantitative estimate of drug-likeness (QED) is 0.128. The second-order valence-electron chi connectivity index (χ2n) is 7.77. The molecule has 0 bridgehead atoms. The Labute approximate surface area is 226 Å². The van der Waals surface area contributed by atoms with E-state index in [4.69, 9.17) is 21.7 Å². The lowest BCUT2D eigenvalue weighted by molar-refractivity contribution is -0.384. The minimum atomic E-state index is -0.609. The number of nitro benzene ring substituents is 1. The molecule has 1 aliphatic heterocycles. The molecule has 4 rings (SSSR count). The van der Waals surface area contributed by atoms with E-state index in [9.17, 15) is 19.7 Å².